The molecular formula is C24H17N5O2S. The highest BCUT2D eigenvalue weighted by atomic mass is 32.2. The van der Waals surface area contributed by atoms with Gasteiger partial charge in [0.25, 0.3) is 0 Å². The number of nitrogens with one attached hydrogen (secondary N) is 2. The van der Waals surface area contributed by atoms with Gasteiger partial charge >= 0.3 is 0 Å². The number of pyridine rings is 2. The maximum absolute atomic E-state index is 11.6. The van der Waals surface area contributed by atoms with Gasteiger partial charge in [-0.3, -0.25) is 5.10 Å². The molecule has 2 aromatic carbocycles. The summed E-state index contributed by atoms with van der Waals surface area (Å²) in [4.78, 5) is 9.16. The lowest BCUT2D eigenvalue weighted by Crippen LogP contribution is -1.98. The minimum atomic E-state index is -3.24. The quantitative estimate of drug-likeness (QED) is 0.411. The number of nitrogens with zero attached hydrogens (tertiary/aromatic N) is 3. The molecule has 32 heavy (non-hydrogen) atoms. The van der Waals surface area contributed by atoms with Crippen molar-refractivity contribution in [1.29, 1.82) is 0 Å². The SMILES string of the molecule is CS(=O)(=O)c1ccc(Nc2cc3c(C#Cc4ccc5cn[nH]c5c4)nccc3cn2)cc1. The van der Waals surface area contributed by atoms with E-state index < -0.39 is 9.84 Å². The second-order valence-corrected chi connectivity index (χ2v) is 9.31. The Balaban J connectivity index is 1.47. The van der Waals surface area contributed by atoms with Crippen molar-refractivity contribution in [2.24, 2.45) is 0 Å². The molecule has 3 aromatic heterocycles. The molecule has 0 unspecified atom stereocenters. The van der Waals surface area contributed by atoms with Gasteiger partial charge in [0.2, 0.25) is 0 Å². The summed E-state index contributed by atoms with van der Waals surface area (Å²) < 4.78 is 23.3. The van der Waals surface area contributed by atoms with E-state index in [1.54, 1.807) is 42.9 Å². The molecule has 7 nitrogen and oxygen atoms in total. The molecule has 0 spiro atoms. The summed E-state index contributed by atoms with van der Waals surface area (Å²) in [7, 11) is -3.24. The van der Waals surface area contributed by atoms with Gasteiger partial charge in [0.05, 0.1) is 16.6 Å². The van der Waals surface area contributed by atoms with Crippen LogP contribution in [0.1, 0.15) is 11.3 Å². The van der Waals surface area contributed by atoms with Crippen molar-refractivity contribution in [2.45, 2.75) is 4.90 Å². The third kappa shape index (κ3) is 4.02. The van der Waals surface area contributed by atoms with Crippen LogP contribution in [0.3, 0.4) is 0 Å². The average molecular weight is 440 g/mol. The maximum Gasteiger partial charge on any atom is 0.175 e. The first-order chi connectivity index (χ1) is 15.5. The molecule has 0 bridgehead atoms. The summed E-state index contributed by atoms with van der Waals surface area (Å²) >= 11 is 0. The first kappa shape index (κ1) is 19.7. The van der Waals surface area contributed by atoms with Gasteiger partial charge in [0.1, 0.15) is 11.5 Å². The van der Waals surface area contributed by atoms with Crippen molar-refractivity contribution < 1.29 is 8.42 Å². The largest absolute Gasteiger partial charge is 0.340 e. The molecule has 156 valence electrons. The maximum atomic E-state index is 11.6. The Bertz CT molecular complexity index is 1630. The fourth-order valence-electron chi connectivity index (χ4n) is 3.31. The molecule has 0 aliphatic rings. The minimum Gasteiger partial charge on any atom is -0.340 e. The van der Waals surface area contributed by atoms with Crippen LogP contribution >= 0.6 is 0 Å². The van der Waals surface area contributed by atoms with E-state index in [4.69, 9.17) is 0 Å². The van der Waals surface area contributed by atoms with Crippen molar-refractivity contribution >= 4 is 43.0 Å². The van der Waals surface area contributed by atoms with E-state index in [-0.39, 0.29) is 4.90 Å². The summed E-state index contributed by atoms with van der Waals surface area (Å²) in [5.41, 5.74) is 3.16. The van der Waals surface area contributed by atoms with Crippen LogP contribution in [0.25, 0.3) is 21.7 Å². The van der Waals surface area contributed by atoms with Crippen LogP contribution < -0.4 is 5.32 Å². The van der Waals surface area contributed by atoms with E-state index in [0.29, 0.717) is 11.5 Å². The topological polar surface area (TPSA) is 101 Å². The molecule has 3 heterocycles. The van der Waals surface area contributed by atoms with Gasteiger partial charge in [0.15, 0.2) is 9.84 Å². The molecule has 0 fully saturated rings. The Hall–Kier alpha value is -4.22. The number of fused-ring (bicyclic) bond motifs is 2. The highest BCUT2D eigenvalue weighted by Crippen LogP contribution is 2.23. The molecule has 0 saturated carbocycles. The fraction of sp³-hybridized carbons (Fsp3) is 0.0417. The Morgan fingerprint density at radius 1 is 0.906 bits per heavy atom. The number of aromatic nitrogens is 4. The van der Waals surface area contributed by atoms with Crippen LogP contribution in [0.5, 0.6) is 0 Å². The van der Waals surface area contributed by atoms with E-state index in [9.17, 15) is 8.42 Å². The summed E-state index contributed by atoms with van der Waals surface area (Å²) in [6.45, 7) is 0. The molecule has 0 aliphatic carbocycles. The molecule has 0 radical (unpaired) electrons. The second kappa shape index (κ2) is 7.80. The second-order valence-electron chi connectivity index (χ2n) is 7.29. The van der Waals surface area contributed by atoms with Gasteiger partial charge in [-0.1, -0.05) is 5.92 Å². The summed E-state index contributed by atoms with van der Waals surface area (Å²) in [5.74, 6) is 6.94. The average Bonchev–Trinajstić information content (AvgIpc) is 3.25. The molecule has 0 saturated heterocycles. The third-order valence-corrected chi connectivity index (χ3v) is 6.10. The first-order valence-corrected chi connectivity index (χ1v) is 11.6. The number of hydrogen-bond acceptors (Lipinski definition) is 6. The Morgan fingerprint density at radius 3 is 2.56 bits per heavy atom. The van der Waals surface area contributed by atoms with Crippen molar-refractivity contribution in [2.75, 3.05) is 11.6 Å². The Morgan fingerprint density at radius 2 is 1.75 bits per heavy atom. The number of benzene rings is 2. The van der Waals surface area contributed by atoms with E-state index in [1.165, 1.54) is 6.26 Å². The molecule has 5 aromatic rings. The number of rotatable bonds is 3. The Labute approximate surface area is 184 Å². The zero-order valence-corrected chi connectivity index (χ0v) is 17.8. The molecule has 8 heteroatoms. The lowest BCUT2D eigenvalue weighted by atomic mass is 10.1. The van der Waals surface area contributed by atoms with Crippen molar-refractivity contribution in [3.8, 4) is 11.8 Å². The van der Waals surface area contributed by atoms with Crippen LogP contribution in [-0.2, 0) is 9.84 Å². The highest BCUT2D eigenvalue weighted by molar-refractivity contribution is 7.90. The fourth-order valence-corrected chi connectivity index (χ4v) is 3.94. The van der Waals surface area contributed by atoms with Crippen LogP contribution in [-0.4, -0.2) is 34.8 Å². The normalized spacial score (nSPS) is 11.3. The lowest BCUT2D eigenvalue weighted by Gasteiger charge is -2.08. The van der Waals surface area contributed by atoms with Crippen molar-refractivity contribution in [3.63, 3.8) is 0 Å². The van der Waals surface area contributed by atoms with Crippen LogP contribution in [0.4, 0.5) is 11.5 Å². The minimum absolute atomic E-state index is 0.268. The predicted octanol–water partition coefficient (Wildman–Crippen LogP) is 4.05. The summed E-state index contributed by atoms with van der Waals surface area (Å²) in [6.07, 6.45) is 6.42. The van der Waals surface area contributed by atoms with Gasteiger partial charge in [-0.05, 0) is 60.5 Å². The monoisotopic (exact) mass is 439 g/mol. The zero-order valence-electron chi connectivity index (χ0n) is 17.0. The van der Waals surface area contributed by atoms with E-state index in [0.717, 1.165) is 32.9 Å². The standard InChI is InChI=1S/C24H17N5O2S/c1-32(30,31)20-7-5-19(6-8-20)28-24-13-21-17(14-26-24)10-11-25-22(21)9-3-16-2-4-18-15-27-29-23(18)12-16/h2,4-8,10-15H,1H3,(H,26,28)(H,27,29). The van der Waals surface area contributed by atoms with E-state index in [1.807, 2.05) is 30.3 Å². The highest BCUT2D eigenvalue weighted by Gasteiger charge is 2.07. The molecule has 0 aliphatic heterocycles. The number of anilines is 2. The molecule has 0 atom stereocenters. The number of sulfone groups is 1. The number of aromatic amines is 1. The van der Waals surface area contributed by atoms with E-state index in [2.05, 4.69) is 37.3 Å². The molecular weight excluding hydrogens is 422 g/mol. The molecule has 5 rings (SSSR count). The van der Waals surface area contributed by atoms with Crippen LogP contribution in [0, 0.1) is 11.8 Å². The van der Waals surface area contributed by atoms with Crippen LogP contribution in [0.15, 0.2) is 78.1 Å². The van der Waals surface area contributed by atoms with Gasteiger partial charge in [-0.25, -0.2) is 18.4 Å². The van der Waals surface area contributed by atoms with Gasteiger partial charge in [0, 0.05) is 46.1 Å². The van der Waals surface area contributed by atoms with E-state index >= 15 is 0 Å². The number of hydrogen-bond donors (Lipinski definition) is 2. The summed E-state index contributed by atoms with van der Waals surface area (Å²) in [5, 5.41) is 13.0. The molecule has 2 N–H and O–H groups in total. The van der Waals surface area contributed by atoms with Crippen molar-refractivity contribution in [1.82, 2.24) is 20.2 Å². The van der Waals surface area contributed by atoms with Gasteiger partial charge < -0.3 is 5.32 Å². The Kier molecular flexibility index (Phi) is 4.81. The summed E-state index contributed by atoms with van der Waals surface area (Å²) in [6, 6.07) is 16.2. The zero-order chi connectivity index (χ0) is 22.1. The van der Waals surface area contributed by atoms with Crippen LogP contribution in [0.2, 0.25) is 0 Å². The molecule has 0 amide bonds. The lowest BCUT2D eigenvalue weighted by molar-refractivity contribution is 0.602. The predicted molar refractivity (Wildman–Crippen MR) is 124 cm³/mol. The third-order valence-electron chi connectivity index (χ3n) is 4.97. The van der Waals surface area contributed by atoms with Gasteiger partial charge in [-0.15, -0.1) is 0 Å². The van der Waals surface area contributed by atoms with Crippen molar-refractivity contribution in [3.05, 3.63) is 84.4 Å². The number of H-pyrrole nitrogens is 1. The first-order valence-electron chi connectivity index (χ1n) is 9.73. The van der Waals surface area contributed by atoms with Gasteiger partial charge in [-0.2, -0.15) is 5.10 Å². The smallest absolute Gasteiger partial charge is 0.175 e.